The minimum absolute atomic E-state index is 0.563. The van der Waals surface area contributed by atoms with Crippen LogP contribution in [0.1, 0.15) is 70.6 Å². The van der Waals surface area contributed by atoms with Crippen LogP contribution in [0.25, 0.3) is 0 Å². The molecule has 0 aliphatic heterocycles. The van der Waals surface area contributed by atoms with Gasteiger partial charge >= 0.3 is 8.80 Å². The van der Waals surface area contributed by atoms with Gasteiger partial charge < -0.3 is 23.0 Å². The van der Waals surface area contributed by atoms with Crippen LogP contribution >= 0.6 is 0 Å². The zero-order chi connectivity index (χ0) is 26.2. The van der Waals surface area contributed by atoms with Crippen molar-refractivity contribution in [3.05, 3.63) is 0 Å². The SMILES string of the molecule is C[Si](C)(C)O[Si](CCCN=C(NC1CCCCC1)NC1CCCCC1)(O[Si](C)(C)C)O[Si](C)(C)C. The molecule has 0 saturated heterocycles. The van der Waals surface area contributed by atoms with E-state index >= 15 is 0 Å². The van der Waals surface area contributed by atoms with Gasteiger partial charge in [0, 0.05) is 24.7 Å². The minimum Gasteiger partial charge on any atom is -0.417 e. The van der Waals surface area contributed by atoms with Crippen molar-refractivity contribution < 1.29 is 12.3 Å². The molecule has 6 nitrogen and oxygen atoms in total. The average molecular weight is 560 g/mol. The second-order valence-corrected chi connectivity index (χ2v) is 30.6. The number of nitrogens with zero attached hydrogens (tertiary/aromatic N) is 1. The highest BCUT2D eigenvalue weighted by atomic mass is 28.5. The highest BCUT2D eigenvalue weighted by Gasteiger charge is 2.49. The molecule has 2 fully saturated rings. The van der Waals surface area contributed by atoms with Gasteiger partial charge in [0.15, 0.2) is 30.9 Å². The zero-order valence-electron chi connectivity index (χ0n) is 24.5. The summed E-state index contributed by atoms with van der Waals surface area (Å²) >= 11 is 0. The van der Waals surface area contributed by atoms with Gasteiger partial charge in [0.05, 0.1) is 0 Å². The molecule has 0 bridgehead atoms. The monoisotopic (exact) mass is 559 g/mol. The molecule has 0 atom stereocenters. The van der Waals surface area contributed by atoms with Crippen molar-refractivity contribution in [2.75, 3.05) is 6.54 Å². The molecule has 10 heteroatoms. The second kappa shape index (κ2) is 13.7. The van der Waals surface area contributed by atoms with Gasteiger partial charge in [0.25, 0.3) is 0 Å². The maximum Gasteiger partial charge on any atom is 0.469 e. The van der Waals surface area contributed by atoms with Crippen molar-refractivity contribution in [3.63, 3.8) is 0 Å². The summed E-state index contributed by atoms with van der Waals surface area (Å²) in [6.07, 6.45) is 14.1. The molecule has 0 amide bonds. The minimum atomic E-state index is -2.78. The third-order valence-corrected chi connectivity index (χ3v) is 18.2. The predicted octanol–water partition coefficient (Wildman–Crippen LogP) is 7.07. The van der Waals surface area contributed by atoms with E-state index in [1.54, 1.807) is 0 Å². The Bertz CT molecular complexity index is 585. The number of nitrogens with one attached hydrogen (secondary N) is 2. The third-order valence-electron chi connectivity index (χ3n) is 6.19. The maximum absolute atomic E-state index is 6.85. The molecule has 0 aromatic carbocycles. The summed E-state index contributed by atoms with van der Waals surface area (Å²) in [6, 6.07) is 1.98. The highest BCUT2D eigenvalue weighted by molar-refractivity contribution is 6.90. The van der Waals surface area contributed by atoms with E-state index in [1.165, 1.54) is 64.2 Å². The summed E-state index contributed by atoms with van der Waals surface area (Å²) in [5.41, 5.74) is 0. The summed E-state index contributed by atoms with van der Waals surface area (Å²) < 4.78 is 20.6. The van der Waals surface area contributed by atoms with Crippen LogP contribution in [0.5, 0.6) is 0 Å². The number of hydrogen-bond acceptors (Lipinski definition) is 4. The number of rotatable bonds is 12. The Labute approximate surface area is 221 Å². The van der Waals surface area contributed by atoms with Crippen LogP contribution in [-0.4, -0.2) is 58.3 Å². The van der Waals surface area contributed by atoms with Crippen LogP contribution in [0.15, 0.2) is 4.99 Å². The van der Waals surface area contributed by atoms with Gasteiger partial charge in [-0.05, 0) is 91.0 Å². The van der Waals surface area contributed by atoms with E-state index < -0.39 is 33.8 Å². The molecule has 2 rings (SSSR count). The maximum atomic E-state index is 6.85. The van der Waals surface area contributed by atoms with Crippen molar-refractivity contribution in [1.29, 1.82) is 0 Å². The lowest BCUT2D eigenvalue weighted by Crippen LogP contribution is -2.60. The Kier molecular flexibility index (Phi) is 12.2. The molecule has 2 aliphatic carbocycles. The molecule has 2 N–H and O–H groups in total. The van der Waals surface area contributed by atoms with Crippen molar-refractivity contribution in [1.82, 2.24) is 10.6 Å². The Morgan fingerprint density at radius 2 is 1.00 bits per heavy atom. The molecule has 0 aromatic rings. The third kappa shape index (κ3) is 13.9. The van der Waals surface area contributed by atoms with E-state index in [1.807, 2.05) is 0 Å². The fourth-order valence-electron chi connectivity index (χ4n) is 5.12. The van der Waals surface area contributed by atoms with E-state index in [-0.39, 0.29) is 0 Å². The van der Waals surface area contributed by atoms with Crippen LogP contribution in [0.4, 0.5) is 0 Å². The summed E-state index contributed by atoms with van der Waals surface area (Å²) in [4.78, 5) is 5.09. The van der Waals surface area contributed by atoms with E-state index in [0.29, 0.717) is 12.1 Å². The molecular weight excluding hydrogens is 503 g/mol. The van der Waals surface area contributed by atoms with Crippen molar-refractivity contribution in [2.24, 2.45) is 4.99 Å². The van der Waals surface area contributed by atoms with Gasteiger partial charge in [0.1, 0.15) is 0 Å². The Morgan fingerprint density at radius 3 is 1.34 bits per heavy atom. The first-order valence-electron chi connectivity index (χ1n) is 14.3. The van der Waals surface area contributed by atoms with Crippen LogP contribution < -0.4 is 10.6 Å². The quantitative estimate of drug-likeness (QED) is 0.116. The molecule has 0 aromatic heterocycles. The molecule has 0 radical (unpaired) electrons. The number of aliphatic imine (C=N–C) groups is 1. The smallest absolute Gasteiger partial charge is 0.417 e. The Morgan fingerprint density at radius 1 is 0.629 bits per heavy atom. The molecular formula is C25H57N3O3Si4. The topological polar surface area (TPSA) is 64.1 Å². The lowest BCUT2D eigenvalue weighted by atomic mass is 9.95. The van der Waals surface area contributed by atoms with E-state index in [9.17, 15) is 0 Å². The summed E-state index contributed by atoms with van der Waals surface area (Å²) in [6.45, 7) is 21.1. The molecule has 0 unspecified atom stereocenters. The van der Waals surface area contributed by atoms with Crippen LogP contribution in [0.2, 0.25) is 65.0 Å². The predicted molar refractivity (Wildman–Crippen MR) is 161 cm³/mol. The largest absolute Gasteiger partial charge is 0.469 e. The summed E-state index contributed by atoms with van der Waals surface area (Å²) in [5, 5.41) is 7.59. The Hall–Kier alpha value is 0.0175. The summed E-state index contributed by atoms with van der Waals surface area (Å²) in [7, 11) is -8.30. The van der Waals surface area contributed by atoms with Gasteiger partial charge in [0.2, 0.25) is 0 Å². The van der Waals surface area contributed by atoms with E-state index in [4.69, 9.17) is 17.3 Å². The van der Waals surface area contributed by atoms with Gasteiger partial charge in [-0.3, -0.25) is 4.99 Å². The first-order chi connectivity index (χ1) is 16.1. The molecule has 2 saturated carbocycles. The van der Waals surface area contributed by atoms with Gasteiger partial charge in [-0.25, -0.2) is 0 Å². The van der Waals surface area contributed by atoms with Crippen molar-refractivity contribution >= 4 is 39.7 Å². The Balaban J connectivity index is 2.12. The summed E-state index contributed by atoms with van der Waals surface area (Å²) in [5.74, 6) is 1.03. The van der Waals surface area contributed by atoms with Crippen LogP contribution in [0, 0.1) is 0 Å². The second-order valence-electron chi connectivity index (χ2n) is 13.6. The van der Waals surface area contributed by atoms with Gasteiger partial charge in [-0.15, -0.1) is 0 Å². The number of guanidine groups is 1. The molecule has 2 aliphatic rings. The van der Waals surface area contributed by atoms with E-state index in [2.05, 4.69) is 69.6 Å². The van der Waals surface area contributed by atoms with Crippen LogP contribution in [0.3, 0.4) is 0 Å². The number of hydrogen-bond donors (Lipinski definition) is 2. The van der Waals surface area contributed by atoms with Gasteiger partial charge in [-0.1, -0.05) is 38.5 Å². The van der Waals surface area contributed by atoms with Crippen molar-refractivity contribution in [2.45, 2.75) is 148 Å². The molecule has 35 heavy (non-hydrogen) atoms. The molecule has 0 spiro atoms. The molecule has 0 heterocycles. The zero-order valence-corrected chi connectivity index (χ0v) is 28.5. The van der Waals surface area contributed by atoms with E-state index in [0.717, 1.165) is 25.0 Å². The van der Waals surface area contributed by atoms with Gasteiger partial charge in [-0.2, -0.15) is 0 Å². The fraction of sp³-hybridized carbons (Fsp3) is 0.960. The first kappa shape index (κ1) is 31.2. The van der Waals surface area contributed by atoms with Crippen molar-refractivity contribution in [3.8, 4) is 0 Å². The lowest BCUT2D eigenvalue weighted by Gasteiger charge is -2.42. The fourth-order valence-corrected chi connectivity index (χ4v) is 19.8. The lowest BCUT2D eigenvalue weighted by molar-refractivity contribution is 0.251. The normalized spacial score (nSPS) is 19.5. The highest BCUT2D eigenvalue weighted by Crippen LogP contribution is 2.30. The standard InChI is InChI=1S/C25H57N3O3Si4/c1-32(2,3)29-35(30-33(4,5)6,31-34(7,8)9)22-16-21-26-25(27-23-17-12-10-13-18-23)28-24-19-14-11-15-20-24/h23-24H,10-22H2,1-9H3,(H2,26,27,28). The average Bonchev–Trinajstić information content (AvgIpc) is 2.69. The van der Waals surface area contributed by atoms with Crippen LogP contribution in [-0.2, 0) is 12.3 Å². The first-order valence-corrected chi connectivity index (χ1v) is 26.5. The molecule has 206 valence electrons.